The molecule has 0 aliphatic carbocycles. The summed E-state index contributed by atoms with van der Waals surface area (Å²) in [5, 5.41) is 0. The van der Waals surface area contributed by atoms with E-state index in [9.17, 15) is 0 Å². The predicted octanol–water partition coefficient (Wildman–Crippen LogP) is 2.77. The average molecular weight is 291 g/mol. The minimum atomic E-state index is -0.179. The molecule has 2 rings (SSSR count). The second-order valence-corrected chi connectivity index (χ2v) is 7.37. The Kier molecular flexibility index (Phi) is 4.51. The fourth-order valence-corrected chi connectivity index (χ4v) is 3.99. The second kappa shape index (κ2) is 5.87. The Hall–Kier alpha value is -1.23. The molecule has 0 saturated carbocycles. The van der Waals surface area contributed by atoms with Gasteiger partial charge in [0, 0.05) is 11.6 Å². The van der Waals surface area contributed by atoms with Gasteiger partial charge in [0.15, 0.2) is 0 Å². The molecule has 2 N–H and O–H groups in total. The first kappa shape index (κ1) is 16.1. The van der Waals surface area contributed by atoms with Gasteiger partial charge in [0.2, 0.25) is 5.95 Å². The summed E-state index contributed by atoms with van der Waals surface area (Å²) in [6, 6.07) is 0.119. The standard InChI is InChI=1S/C16H29N5/c1-6-7-8-12-9-15(2,3)21(16(4,5)13(12)17)14-19-10-18-11-20-14/h10-13H,6-9,17H2,1-5H3. The van der Waals surface area contributed by atoms with E-state index in [1.54, 1.807) is 12.7 Å². The Morgan fingerprint density at radius 1 is 1.24 bits per heavy atom. The van der Waals surface area contributed by atoms with Crippen LogP contribution in [0.25, 0.3) is 0 Å². The minimum absolute atomic E-state index is 0.0148. The Bertz CT molecular complexity index is 457. The molecule has 5 nitrogen and oxygen atoms in total. The van der Waals surface area contributed by atoms with Crippen LogP contribution in [0.5, 0.6) is 0 Å². The normalized spacial score (nSPS) is 27.6. The van der Waals surface area contributed by atoms with Gasteiger partial charge in [-0.25, -0.2) is 15.0 Å². The van der Waals surface area contributed by atoms with Crippen molar-refractivity contribution in [2.45, 2.75) is 77.4 Å². The minimum Gasteiger partial charge on any atom is -0.329 e. The van der Waals surface area contributed by atoms with Crippen LogP contribution in [0, 0.1) is 5.92 Å². The van der Waals surface area contributed by atoms with Gasteiger partial charge < -0.3 is 10.6 Å². The van der Waals surface area contributed by atoms with E-state index in [1.807, 2.05) is 0 Å². The summed E-state index contributed by atoms with van der Waals surface area (Å²) >= 11 is 0. The number of hydrogen-bond donors (Lipinski definition) is 1. The van der Waals surface area contributed by atoms with Crippen molar-refractivity contribution >= 4 is 5.95 Å². The van der Waals surface area contributed by atoms with E-state index in [2.05, 4.69) is 54.5 Å². The van der Waals surface area contributed by atoms with Crippen molar-refractivity contribution in [3.8, 4) is 0 Å². The van der Waals surface area contributed by atoms with Gasteiger partial charge in [-0.3, -0.25) is 0 Å². The molecular weight excluding hydrogens is 262 g/mol. The fraction of sp³-hybridized carbons (Fsp3) is 0.812. The number of anilines is 1. The molecule has 2 heterocycles. The van der Waals surface area contributed by atoms with E-state index in [-0.39, 0.29) is 17.1 Å². The van der Waals surface area contributed by atoms with E-state index in [1.165, 1.54) is 19.3 Å². The van der Waals surface area contributed by atoms with Crippen LogP contribution in [-0.4, -0.2) is 32.1 Å². The van der Waals surface area contributed by atoms with Crippen molar-refractivity contribution in [3.05, 3.63) is 12.7 Å². The monoisotopic (exact) mass is 291 g/mol. The quantitative estimate of drug-likeness (QED) is 0.924. The summed E-state index contributed by atoms with van der Waals surface area (Å²) in [7, 11) is 0. The Morgan fingerprint density at radius 2 is 1.86 bits per heavy atom. The first-order chi connectivity index (χ1) is 9.80. The second-order valence-electron chi connectivity index (χ2n) is 7.37. The average Bonchev–Trinajstić information content (AvgIpc) is 2.42. The zero-order chi connectivity index (χ0) is 15.7. The maximum absolute atomic E-state index is 6.63. The van der Waals surface area contributed by atoms with E-state index in [0.717, 1.165) is 12.4 Å². The van der Waals surface area contributed by atoms with Crippen LogP contribution in [0.2, 0.25) is 0 Å². The Morgan fingerprint density at radius 3 is 2.43 bits per heavy atom. The Balaban J connectivity index is 2.34. The lowest BCUT2D eigenvalue weighted by molar-refractivity contribution is 0.135. The van der Waals surface area contributed by atoms with Gasteiger partial charge >= 0.3 is 0 Å². The number of piperidine rings is 1. The number of nitrogens with two attached hydrogens (primary N) is 1. The largest absolute Gasteiger partial charge is 0.329 e. The smallest absolute Gasteiger partial charge is 0.229 e. The number of nitrogens with zero attached hydrogens (tertiary/aromatic N) is 4. The zero-order valence-electron chi connectivity index (χ0n) is 14.0. The van der Waals surface area contributed by atoms with E-state index in [4.69, 9.17) is 5.73 Å². The molecule has 5 heteroatoms. The van der Waals surface area contributed by atoms with Crippen LogP contribution in [0.1, 0.15) is 60.3 Å². The molecule has 0 spiro atoms. The third kappa shape index (κ3) is 3.03. The molecule has 21 heavy (non-hydrogen) atoms. The van der Waals surface area contributed by atoms with Crippen molar-refractivity contribution < 1.29 is 0 Å². The Labute approximate surface area is 128 Å². The number of unbranched alkanes of at least 4 members (excludes halogenated alkanes) is 1. The third-order valence-corrected chi connectivity index (χ3v) is 4.88. The number of hydrogen-bond acceptors (Lipinski definition) is 5. The van der Waals surface area contributed by atoms with Gasteiger partial charge in [-0.15, -0.1) is 0 Å². The van der Waals surface area contributed by atoms with E-state index in [0.29, 0.717) is 5.92 Å². The van der Waals surface area contributed by atoms with Crippen LogP contribution in [-0.2, 0) is 0 Å². The summed E-state index contributed by atoms with van der Waals surface area (Å²) in [5.41, 5.74) is 6.44. The molecule has 0 bridgehead atoms. The SMILES string of the molecule is CCCCC1CC(C)(C)N(c2ncncn2)C(C)(C)C1N. The van der Waals surface area contributed by atoms with Crippen LogP contribution in [0.3, 0.4) is 0 Å². The van der Waals surface area contributed by atoms with Gasteiger partial charge in [0.05, 0.1) is 5.54 Å². The lowest BCUT2D eigenvalue weighted by Crippen LogP contribution is -2.70. The van der Waals surface area contributed by atoms with Crippen molar-refractivity contribution in [1.29, 1.82) is 0 Å². The molecule has 2 atom stereocenters. The molecule has 1 aromatic rings. The summed E-state index contributed by atoms with van der Waals surface area (Å²) < 4.78 is 0. The highest BCUT2D eigenvalue weighted by atomic mass is 15.4. The topological polar surface area (TPSA) is 67.9 Å². The van der Waals surface area contributed by atoms with Crippen molar-refractivity contribution in [2.75, 3.05) is 4.90 Å². The van der Waals surface area contributed by atoms with Crippen molar-refractivity contribution in [3.63, 3.8) is 0 Å². The maximum atomic E-state index is 6.63. The van der Waals surface area contributed by atoms with Crippen LogP contribution < -0.4 is 10.6 Å². The highest BCUT2D eigenvalue weighted by molar-refractivity contribution is 5.41. The van der Waals surface area contributed by atoms with E-state index < -0.39 is 0 Å². The third-order valence-electron chi connectivity index (χ3n) is 4.88. The van der Waals surface area contributed by atoms with Crippen molar-refractivity contribution in [1.82, 2.24) is 15.0 Å². The lowest BCUT2D eigenvalue weighted by Gasteiger charge is -2.58. The molecule has 1 fully saturated rings. The van der Waals surface area contributed by atoms with Gasteiger partial charge in [0.25, 0.3) is 0 Å². The summed E-state index contributed by atoms with van der Waals surface area (Å²) in [6.45, 7) is 11.2. The van der Waals surface area contributed by atoms with Crippen LogP contribution in [0.15, 0.2) is 12.7 Å². The molecule has 1 aliphatic heterocycles. The maximum Gasteiger partial charge on any atom is 0.229 e. The molecular formula is C16H29N5. The first-order valence-corrected chi connectivity index (χ1v) is 7.98. The fourth-order valence-electron chi connectivity index (χ4n) is 3.99. The van der Waals surface area contributed by atoms with Crippen molar-refractivity contribution in [2.24, 2.45) is 11.7 Å². The summed E-state index contributed by atoms with van der Waals surface area (Å²) in [4.78, 5) is 14.9. The molecule has 0 amide bonds. The zero-order valence-corrected chi connectivity index (χ0v) is 14.0. The van der Waals surface area contributed by atoms with Gasteiger partial charge in [0.1, 0.15) is 12.7 Å². The molecule has 0 radical (unpaired) electrons. The molecule has 1 aromatic heterocycles. The first-order valence-electron chi connectivity index (χ1n) is 7.98. The molecule has 118 valence electrons. The molecule has 1 saturated heterocycles. The highest BCUT2D eigenvalue weighted by Crippen LogP contribution is 2.43. The molecule has 0 aromatic carbocycles. The molecule has 1 aliphatic rings. The van der Waals surface area contributed by atoms with Crippen LogP contribution >= 0.6 is 0 Å². The van der Waals surface area contributed by atoms with Gasteiger partial charge in [-0.05, 0) is 46.5 Å². The van der Waals surface area contributed by atoms with Gasteiger partial charge in [-0.2, -0.15) is 0 Å². The highest BCUT2D eigenvalue weighted by Gasteiger charge is 2.51. The molecule has 2 unspecified atom stereocenters. The van der Waals surface area contributed by atoms with E-state index >= 15 is 0 Å². The van der Waals surface area contributed by atoms with Gasteiger partial charge in [-0.1, -0.05) is 19.8 Å². The predicted molar refractivity (Wildman–Crippen MR) is 86.1 cm³/mol. The van der Waals surface area contributed by atoms with Crippen LogP contribution in [0.4, 0.5) is 5.95 Å². The summed E-state index contributed by atoms with van der Waals surface area (Å²) in [6.07, 6.45) is 7.86. The number of aromatic nitrogens is 3. The summed E-state index contributed by atoms with van der Waals surface area (Å²) in [5.74, 6) is 1.28. The number of rotatable bonds is 4. The lowest BCUT2D eigenvalue weighted by atomic mass is 9.69.